The number of hydrogen-bond acceptors (Lipinski definition) is 0. The van der Waals surface area contributed by atoms with E-state index in [0.717, 1.165) is 0 Å². The third-order valence-corrected chi connectivity index (χ3v) is 15.2. The summed E-state index contributed by atoms with van der Waals surface area (Å²) in [4.78, 5) is 0. The molecule has 0 radical (unpaired) electrons. The van der Waals surface area contributed by atoms with E-state index < -0.39 is 0 Å². The molecule has 0 saturated carbocycles. The maximum Gasteiger partial charge on any atom is 0.0215 e. The van der Waals surface area contributed by atoms with Gasteiger partial charge in [-0.1, -0.05) is 212 Å². The highest BCUT2D eigenvalue weighted by Crippen LogP contribution is 2.55. The highest BCUT2D eigenvalue weighted by Gasteiger charge is 2.42. The van der Waals surface area contributed by atoms with Gasteiger partial charge in [-0.3, -0.25) is 0 Å². The number of hydrogen-bond donors (Lipinski definition) is 0. The molecule has 0 aromatic heterocycles. The maximum atomic E-state index is 2.65. The average molecular weight is 847 g/mol. The zero-order chi connectivity index (χ0) is 44.3. The molecular weight excluding hydrogens is 781 g/mol. The normalized spacial score (nSPS) is 13.0. The molecule has 9 aromatic rings. The zero-order valence-electron chi connectivity index (χ0n) is 39.4. The Kier molecular flexibility index (Phi) is 12.5. The first kappa shape index (κ1) is 42.9. The summed E-state index contributed by atoms with van der Waals surface area (Å²) in [5.41, 5.74) is 16.4. The lowest BCUT2D eigenvalue weighted by Crippen LogP contribution is -2.25. The summed E-state index contributed by atoms with van der Waals surface area (Å²) < 4.78 is 0. The molecule has 326 valence electrons. The highest BCUT2D eigenvalue weighted by molar-refractivity contribution is 6.09. The summed E-state index contributed by atoms with van der Waals surface area (Å²) in [6.45, 7) is 9.19. The van der Waals surface area contributed by atoms with Gasteiger partial charge in [-0.05, 0) is 173 Å². The molecule has 10 rings (SSSR count). The Balaban J connectivity index is 1.14. The third kappa shape index (κ3) is 8.42. The predicted molar refractivity (Wildman–Crippen MR) is 284 cm³/mol. The molecule has 0 nitrogen and oxygen atoms in total. The molecule has 0 saturated heterocycles. The molecule has 0 heteroatoms. The molecular formula is C65H66. The summed E-state index contributed by atoms with van der Waals surface area (Å²) in [5.74, 6) is 0. The van der Waals surface area contributed by atoms with E-state index in [-0.39, 0.29) is 5.41 Å². The molecule has 0 heterocycles. The summed E-state index contributed by atoms with van der Waals surface area (Å²) in [6.07, 6.45) is 18.3. The first-order chi connectivity index (χ1) is 31.9. The standard InChI is InChI=1S/C65H66/c1-5-7-9-11-13-17-35-65(36-18-14-12-10-8-6-2)63-37-45(3)27-33-58(63)59-34-32-50(44-64(59)65)54-38-53(49-31-30-48-29-28-47-22-15-16-25-56(47)61(48)41-49)39-55(40-54)57-26-20-24-52-42-60-46(4)21-19-23-51(60)43-62(52)57/h15-16,19-34,37-44H,5-14,17-18,35-36H2,1-4H3. The van der Waals surface area contributed by atoms with Gasteiger partial charge in [-0.15, -0.1) is 0 Å². The fraction of sp³-hybridized carbons (Fsp3) is 0.292. The van der Waals surface area contributed by atoms with Crippen LogP contribution in [0.5, 0.6) is 0 Å². The van der Waals surface area contributed by atoms with Gasteiger partial charge in [-0.25, -0.2) is 0 Å². The van der Waals surface area contributed by atoms with Gasteiger partial charge in [0.1, 0.15) is 0 Å². The smallest absolute Gasteiger partial charge is 0.0215 e. The van der Waals surface area contributed by atoms with Gasteiger partial charge >= 0.3 is 0 Å². The molecule has 0 fully saturated rings. The van der Waals surface area contributed by atoms with Crippen molar-refractivity contribution in [3.8, 4) is 44.5 Å². The molecule has 0 spiro atoms. The maximum absolute atomic E-state index is 2.65. The van der Waals surface area contributed by atoms with Crippen LogP contribution >= 0.6 is 0 Å². The zero-order valence-corrected chi connectivity index (χ0v) is 39.4. The molecule has 0 bridgehead atoms. The van der Waals surface area contributed by atoms with E-state index in [4.69, 9.17) is 0 Å². The van der Waals surface area contributed by atoms with Crippen molar-refractivity contribution in [2.75, 3.05) is 0 Å². The van der Waals surface area contributed by atoms with E-state index in [9.17, 15) is 0 Å². The van der Waals surface area contributed by atoms with Gasteiger partial charge in [-0.2, -0.15) is 0 Å². The third-order valence-electron chi connectivity index (χ3n) is 15.2. The van der Waals surface area contributed by atoms with Crippen molar-refractivity contribution >= 4 is 43.1 Å². The van der Waals surface area contributed by atoms with E-state index in [1.165, 1.54) is 189 Å². The van der Waals surface area contributed by atoms with E-state index in [1.807, 2.05) is 0 Å². The fourth-order valence-corrected chi connectivity index (χ4v) is 11.6. The SMILES string of the molecule is CCCCCCCCC1(CCCCCCCC)c2cc(C)ccc2-c2ccc(-c3cc(-c4ccc5ccc6ccccc6c5c4)cc(-c4cccc5cc6c(C)cccc6cc45)c3)cc21. The lowest BCUT2D eigenvalue weighted by Gasteiger charge is -2.33. The van der Waals surface area contributed by atoms with Crippen LogP contribution in [0.2, 0.25) is 0 Å². The minimum absolute atomic E-state index is 0.0247. The van der Waals surface area contributed by atoms with Gasteiger partial charge in [0.2, 0.25) is 0 Å². The Morgan fingerprint density at radius 1 is 0.323 bits per heavy atom. The van der Waals surface area contributed by atoms with Crippen molar-refractivity contribution in [1.29, 1.82) is 0 Å². The lowest BCUT2D eigenvalue weighted by molar-refractivity contribution is 0.398. The fourth-order valence-electron chi connectivity index (χ4n) is 11.6. The average Bonchev–Trinajstić information content (AvgIpc) is 3.60. The van der Waals surface area contributed by atoms with Crippen LogP contribution in [-0.4, -0.2) is 0 Å². The van der Waals surface area contributed by atoms with Crippen LogP contribution in [0.25, 0.3) is 87.6 Å². The summed E-state index contributed by atoms with van der Waals surface area (Å²) in [6, 6.07) is 61.2. The number of aryl methyl sites for hydroxylation is 2. The second-order valence-corrected chi connectivity index (χ2v) is 19.6. The molecule has 1 aliphatic rings. The number of fused-ring (bicyclic) bond motifs is 8. The molecule has 0 unspecified atom stereocenters. The monoisotopic (exact) mass is 847 g/mol. The van der Waals surface area contributed by atoms with Crippen molar-refractivity contribution in [2.24, 2.45) is 0 Å². The van der Waals surface area contributed by atoms with E-state index in [2.05, 4.69) is 185 Å². The van der Waals surface area contributed by atoms with Crippen LogP contribution in [-0.2, 0) is 5.41 Å². The second kappa shape index (κ2) is 18.9. The largest absolute Gasteiger partial charge is 0.0654 e. The summed E-state index contributed by atoms with van der Waals surface area (Å²) >= 11 is 0. The topological polar surface area (TPSA) is 0 Å². The lowest BCUT2D eigenvalue weighted by atomic mass is 9.70. The minimum Gasteiger partial charge on any atom is -0.0654 e. The molecule has 9 aromatic carbocycles. The first-order valence-electron chi connectivity index (χ1n) is 25.2. The predicted octanol–water partition coefficient (Wildman–Crippen LogP) is 19.7. The van der Waals surface area contributed by atoms with Crippen molar-refractivity contribution in [1.82, 2.24) is 0 Å². The van der Waals surface area contributed by atoms with Gasteiger partial charge in [0.15, 0.2) is 0 Å². The Labute approximate surface area is 388 Å². The first-order valence-corrected chi connectivity index (χ1v) is 25.2. The van der Waals surface area contributed by atoms with Crippen LogP contribution in [0, 0.1) is 13.8 Å². The number of rotatable bonds is 17. The van der Waals surface area contributed by atoms with Crippen LogP contribution in [0.1, 0.15) is 126 Å². The minimum atomic E-state index is 0.0247. The number of unbranched alkanes of at least 4 members (excludes halogenated alkanes) is 10. The molecule has 0 amide bonds. The van der Waals surface area contributed by atoms with Gasteiger partial charge < -0.3 is 0 Å². The molecule has 0 aliphatic heterocycles. The quantitative estimate of drug-likeness (QED) is 0.0487. The summed E-state index contributed by atoms with van der Waals surface area (Å²) in [5, 5.41) is 10.4. The van der Waals surface area contributed by atoms with E-state index in [0.29, 0.717) is 0 Å². The number of benzene rings is 9. The van der Waals surface area contributed by atoms with Crippen LogP contribution in [0.3, 0.4) is 0 Å². The molecule has 65 heavy (non-hydrogen) atoms. The van der Waals surface area contributed by atoms with Crippen molar-refractivity contribution in [2.45, 2.75) is 123 Å². The Morgan fingerprint density at radius 2 is 0.862 bits per heavy atom. The Bertz CT molecular complexity index is 3140. The highest BCUT2D eigenvalue weighted by atomic mass is 14.5. The van der Waals surface area contributed by atoms with Gasteiger partial charge in [0, 0.05) is 5.41 Å². The van der Waals surface area contributed by atoms with Gasteiger partial charge in [0.25, 0.3) is 0 Å². The second-order valence-electron chi connectivity index (χ2n) is 19.6. The van der Waals surface area contributed by atoms with Crippen LogP contribution < -0.4 is 0 Å². The van der Waals surface area contributed by atoms with Gasteiger partial charge in [0.05, 0.1) is 0 Å². The van der Waals surface area contributed by atoms with Crippen LogP contribution in [0.4, 0.5) is 0 Å². The Hall–Kier alpha value is -5.98. The molecule has 1 aliphatic carbocycles. The molecule has 0 atom stereocenters. The van der Waals surface area contributed by atoms with Crippen molar-refractivity contribution in [3.63, 3.8) is 0 Å². The van der Waals surface area contributed by atoms with Crippen molar-refractivity contribution in [3.05, 3.63) is 180 Å². The summed E-state index contributed by atoms with van der Waals surface area (Å²) in [7, 11) is 0. The van der Waals surface area contributed by atoms with Crippen LogP contribution in [0.15, 0.2) is 158 Å². The Morgan fingerprint density at radius 3 is 1.60 bits per heavy atom. The molecule has 0 N–H and O–H groups in total. The van der Waals surface area contributed by atoms with E-state index >= 15 is 0 Å². The van der Waals surface area contributed by atoms with E-state index in [1.54, 1.807) is 11.1 Å². The van der Waals surface area contributed by atoms with Crippen molar-refractivity contribution < 1.29 is 0 Å².